The lowest BCUT2D eigenvalue weighted by Gasteiger charge is -2.43. The van der Waals surface area contributed by atoms with Crippen molar-refractivity contribution in [3.05, 3.63) is 93.2 Å². The third-order valence-electron chi connectivity index (χ3n) is 23.2. The lowest BCUT2D eigenvalue weighted by atomic mass is 9.69. The molecule has 0 N–H and O–H groups in total. The fourth-order valence-corrected chi connectivity index (χ4v) is 17.6. The Morgan fingerprint density at radius 2 is 0.547 bits per heavy atom. The van der Waals surface area contributed by atoms with E-state index in [1.54, 1.807) is 23.6 Å². The maximum Gasteiger partial charge on any atom is 0.308 e. The molecule has 22 heteroatoms. The van der Waals surface area contributed by atoms with Gasteiger partial charge in [0.25, 0.3) is 0 Å². The van der Waals surface area contributed by atoms with Gasteiger partial charge in [-0.2, -0.15) is 0 Å². The zero-order valence-corrected chi connectivity index (χ0v) is 67.2. The summed E-state index contributed by atoms with van der Waals surface area (Å²) in [5.74, 6) is -2.07. The molecule has 0 aromatic rings. The zero-order chi connectivity index (χ0) is 78.8. The maximum absolute atomic E-state index is 12.5. The molecule has 0 heterocycles. The third kappa shape index (κ3) is 26.2. The summed E-state index contributed by atoms with van der Waals surface area (Å²) >= 11 is 0. The van der Waals surface area contributed by atoms with E-state index in [9.17, 15) is 52.7 Å². The highest BCUT2D eigenvalue weighted by atomic mass is 16.6. The van der Waals surface area contributed by atoms with Crippen molar-refractivity contribution in [2.45, 2.75) is 227 Å². The van der Waals surface area contributed by atoms with Gasteiger partial charge in [-0.15, -0.1) is 0 Å². The summed E-state index contributed by atoms with van der Waals surface area (Å²) in [4.78, 5) is 137. The molecule has 590 valence electrons. The average molecular weight is 1480 g/mol. The van der Waals surface area contributed by atoms with Gasteiger partial charge >= 0.3 is 41.8 Å². The number of rotatable bonds is 15. The van der Waals surface area contributed by atoms with Gasteiger partial charge in [-0.25, -0.2) is 0 Å². The summed E-state index contributed by atoms with van der Waals surface area (Å²) in [5, 5.41) is 0. The lowest BCUT2D eigenvalue weighted by molar-refractivity contribution is -0.159. The Balaban J connectivity index is 0.000000238. The van der Waals surface area contributed by atoms with E-state index in [0.717, 1.165) is 109 Å². The summed E-state index contributed by atoms with van der Waals surface area (Å²) in [5.41, 5.74) is 11.1. The van der Waals surface area contributed by atoms with Gasteiger partial charge in [0.1, 0.15) is 12.2 Å². The molecule has 4 amide bonds. The highest BCUT2D eigenvalue weighted by molar-refractivity contribution is 5.83. The number of methoxy groups -OCH3 is 5. The Kier molecular flexibility index (Phi) is 36.1. The number of hydrogen-bond donors (Lipinski definition) is 0. The molecule has 5 fully saturated rings. The topological polar surface area (TPSA) is 265 Å². The van der Waals surface area contributed by atoms with Crippen LogP contribution in [0, 0.1) is 65.1 Å². The van der Waals surface area contributed by atoms with Crippen LogP contribution in [0.2, 0.25) is 0 Å². The van der Waals surface area contributed by atoms with Crippen LogP contribution >= 0.6 is 0 Å². The van der Waals surface area contributed by atoms with Crippen LogP contribution < -0.4 is 0 Å². The predicted molar refractivity (Wildman–Crippen MR) is 405 cm³/mol. The fraction of sp³-hybridized carbons (Fsp3) is 0.679. The number of amides is 4. The molecule has 9 aliphatic carbocycles. The van der Waals surface area contributed by atoms with Crippen molar-refractivity contribution < 1.29 is 85.9 Å². The van der Waals surface area contributed by atoms with Crippen molar-refractivity contribution in [2.75, 3.05) is 77.8 Å². The van der Waals surface area contributed by atoms with Crippen LogP contribution in [0.3, 0.4) is 0 Å². The number of allylic oxidation sites excluding steroid dienone is 16. The highest BCUT2D eigenvalue weighted by Crippen LogP contribution is 2.45. The smallest absolute Gasteiger partial charge is 0.308 e. The molecule has 8 atom stereocenters. The van der Waals surface area contributed by atoms with E-state index in [1.807, 2.05) is 52.1 Å². The molecule has 0 saturated heterocycles. The second kappa shape index (κ2) is 43.2. The van der Waals surface area contributed by atoms with E-state index >= 15 is 0 Å². The summed E-state index contributed by atoms with van der Waals surface area (Å²) in [6.07, 6.45) is 36.5. The molecule has 0 aliphatic heterocycles. The monoisotopic (exact) mass is 1480 g/mol. The van der Waals surface area contributed by atoms with E-state index in [0.29, 0.717) is 56.3 Å². The number of nitrogens with zero attached hydrogens (tertiary/aromatic N) is 4. The van der Waals surface area contributed by atoms with Gasteiger partial charge in [-0.1, -0.05) is 93.2 Å². The van der Waals surface area contributed by atoms with Crippen molar-refractivity contribution in [2.24, 2.45) is 65.1 Å². The average Bonchev–Trinajstić information content (AvgIpc) is 0.810. The molecule has 0 aromatic heterocycles. The van der Waals surface area contributed by atoms with E-state index in [1.165, 1.54) is 94.0 Å². The largest absolute Gasteiger partial charge is 0.469 e. The molecule has 0 spiro atoms. The first-order chi connectivity index (χ1) is 50.2. The van der Waals surface area contributed by atoms with Crippen LogP contribution in [0.4, 0.5) is 0 Å². The SMILES string of the molecule is CC(=O)N(C)C1CC(C2=C(C)C=CCC2)CC(N(C)C(C)=O)C1.CC(=O)OC1CC(OC(C)=O)CC(C2=C(C)C=CCC2)C1.CC1=C(C2CC(C(=O)N(C)C)CC(C(=O)N(C)C)C2)CCC=C1.COC(=O)C1CC(C(=O)OC)CC(C(=O)OC)C1.COC(=O)C1CC(C(=O)OC)CC(C2=C(C)C=CCC2)C1. The van der Waals surface area contributed by atoms with E-state index in [4.69, 9.17) is 18.9 Å². The highest BCUT2D eigenvalue weighted by Gasteiger charge is 2.44. The lowest BCUT2D eigenvalue weighted by Crippen LogP contribution is -2.49. The minimum absolute atomic E-state index is 0.0381. The molecule has 106 heavy (non-hydrogen) atoms. The standard InChI is InChI=1S/2C19H30N2O2.2C17H24O4.C12H18O6/c1-13-8-6-7-9-17(13)14-10-15(18(22)20(2)3)12-16(11-14)19(23)21(4)5;1-13-8-6-7-9-19(13)16-10-17(20(4)14(2)22)12-18(11-16)21(5)15(3)23;1-11-6-4-5-7-15(11)12-8-13(16(18)20-2)10-14(9-12)17(19)21-3;1-11-6-4-5-7-17(11)14-8-15(20-12(2)18)10-16(9-14)21-13(3)19;1-16-10(13)7-4-8(11(14)17-2)6-9(5-7)12(15)18-3/h6,8,14-16H,7,9-12H2,1-5H3;6,8,16-18H,7,9-12H2,1-5H3;4,6,12-14H,5,7-10H2,1-3H3;4,6,14-16H,5,7-10H2,1-3H3;7-9H,4-6H2,1-3H3. The number of carbonyl (C=O) groups is 11. The van der Waals surface area contributed by atoms with Crippen LogP contribution in [0.1, 0.15) is 203 Å². The number of hydrogen-bond acceptors (Lipinski definition) is 18. The number of ether oxygens (including phenoxy) is 7. The summed E-state index contributed by atoms with van der Waals surface area (Å²) < 4.78 is 34.6. The second-order valence-corrected chi connectivity index (χ2v) is 30.9. The van der Waals surface area contributed by atoms with Gasteiger partial charge < -0.3 is 52.8 Å². The van der Waals surface area contributed by atoms with Gasteiger partial charge in [-0.3, -0.25) is 52.7 Å². The molecule has 0 aromatic carbocycles. The molecule has 0 bridgehead atoms. The first-order valence-corrected chi connectivity index (χ1v) is 38.2. The number of esters is 7. The Bertz CT molecular complexity index is 3200. The van der Waals surface area contributed by atoms with Crippen LogP contribution in [0.5, 0.6) is 0 Å². The Hall–Kier alpha value is -7.91. The molecule has 0 radical (unpaired) electrons. The molecule has 9 rings (SSSR count). The van der Waals surface area contributed by atoms with Crippen molar-refractivity contribution in [1.29, 1.82) is 0 Å². The normalized spacial score (nSPS) is 28.2. The van der Waals surface area contributed by atoms with Gasteiger partial charge in [0, 0.05) is 100 Å². The van der Waals surface area contributed by atoms with E-state index < -0.39 is 35.7 Å². The number of carbonyl (C=O) groups excluding carboxylic acids is 11. The van der Waals surface area contributed by atoms with Crippen molar-refractivity contribution in [3.8, 4) is 0 Å². The quantitative estimate of drug-likeness (QED) is 0.109. The van der Waals surface area contributed by atoms with Crippen LogP contribution in [-0.4, -0.2) is 187 Å². The zero-order valence-electron chi connectivity index (χ0n) is 67.2. The minimum Gasteiger partial charge on any atom is -0.469 e. The van der Waals surface area contributed by atoms with Gasteiger partial charge in [0.15, 0.2) is 0 Å². The Labute approximate surface area is 631 Å². The summed E-state index contributed by atoms with van der Waals surface area (Å²) in [7, 11) is 17.7. The molecular weight excluding hydrogens is 1350 g/mol. The molecule has 8 unspecified atom stereocenters. The molecule has 5 saturated carbocycles. The maximum atomic E-state index is 12.5. The summed E-state index contributed by atoms with van der Waals surface area (Å²) in [6, 6.07) is 0.425. The minimum atomic E-state index is -0.461. The van der Waals surface area contributed by atoms with Gasteiger partial charge in [0.2, 0.25) is 23.6 Å². The van der Waals surface area contributed by atoms with E-state index in [-0.39, 0.29) is 101 Å². The van der Waals surface area contributed by atoms with Gasteiger partial charge in [-0.05, 0) is 193 Å². The van der Waals surface area contributed by atoms with Crippen molar-refractivity contribution >= 4 is 65.4 Å². The first-order valence-electron chi connectivity index (χ1n) is 38.2. The summed E-state index contributed by atoms with van der Waals surface area (Å²) in [6.45, 7) is 14.7. The van der Waals surface area contributed by atoms with Crippen molar-refractivity contribution in [3.63, 3.8) is 0 Å². The molecule has 22 nitrogen and oxygen atoms in total. The Morgan fingerprint density at radius 1 is 0.311 bits per heavy atom. The first kappa shape index (κ1) is 88.7. The van der Waals surface area contributed by atoms with Crippen LogP contribution in [0.15, 0.2) is 93.2 Å². The molecule has 9 aliphatic rings. The van der Waals surface area contributed by atoms with Gasteiger partial charge in [0.05, 0.1) is 65.1 Å². The third-order valence-corrected chi connectivity index (χ3v) is 23.2. The molecular formula is C84H126N4O18. The Morgan fingerprint density at radius 3 is 0.783 bits per heavy atom. The fourth-order valence-electron chi connectivity index (χ4n) is 17.6. The van der Waals surface area contributed by atoms with Crippen LogP contribution in [0.25, 0.3) is 0 Å². The van der Waals surface area contributed by atoms with Crippen molar-refractivity contribution in [1.82, 2.24) is 19.6 Å². The predicted octanol–water partition coefficient (Wildman–Crippen LogP) is 12.9. The van der Waals surface area contributed by atoms with E-state index in [2.05, 4.69) is 90.5 Å². The second-order valence-electron chi connectivity index (χ2n) is 30.9. The van der Waals surface area contributed by atoms with Crippen LogP contribution in [-0.2, 0) is 85.9 Å².